The summed E-state index contributed by atoms with van der Waals surface area (Å²) in [7, 11) is 1.58. The molecule has 1 aliphatic rings. The highest BCUT2D eigenvalue weighted by Gasteiger charge is 2.37. The first-order valence-electron chi connectivity index (χ1n) is 8.40. The molecule has 1 saturated heterocycles. The molecule has 9 heteroatoms. The molecule has 146 valence electrons. The fourth-order valence-corrected chi connectivity index (χ4v) is 3.45. The van der Waals surface area contributed by atoms with Crippen molar-refractivity contribution in [1.29, 1.82) is 0 Å². The Labute approximate surface area is 152 Å². The number of hydrogen-bond donors (Lipinski definition) is 2. The van der Waals surface area contributed by atoms with Gasteiger partial charge in [-0.25, -0.2) is 0 Å². The Morgan fingerprint density at radius 2 is 1.93 bits per heavy atom. The Morgan fingerprint density at radius 1 is 1.26 bits per heavy atom. The van der Waals surface area contributed by atoms with Crippen LogP contribution in [0.4, 0.5) is 13.2 Å². The highest BCUT2D eigenvalue weighted by atomic mass is 19.4. The Bertz CT molecular complexity index is 883. The summed E-state index contributed by atoms with van der Waals surface area (Å²) in [5, 5.41) is 12.3. The first kappa shape index (κ1) is 19.2. The van der Waals surface area contributed by atoms with Crippen molar-refractivity contribution in [1.82, 2.24) is 9.88 Å². The lowest BCUT2D eigenvalue weighted by molar-refractivity contribution is -0.140. The third-order valence-corrected chi connectivity index (χ3v) is 4.92. The lowest BCUT2D eigenvalue weighted by Crippen LogP contribution is -2.53. The van der Waals surface area contributed by atoms with Gasteiger partial charge in [0, 0.05) is 31.2 Å². The molecular weight excluding hydrogens is 365 g/mol. The van der Waals surface area contributed by atoms with E-state index in [1.165, 1.54) is 16.7 Å². The number of amides is 1. The van der Waals surface area contributed by atoms with Gasteiger partial charge in [-0.1, -0.05) is 0 Å². The van der Waals surface area contributed by atoms with Crippen LogP contribution in [-0.2, 0) is 22.8 Å². The van der Waals surface area contributed by atoms with Crippen LogP contribution < -0.4 is 5.32 Å². The number of nitrogens with one attached hydrogen (secondary N) is 1. The SMILES string of the molecule is Cn1c(C(=O)NC2(CC(=O)O)CCOCC2)cc2cc(C(F)(F)F)ccc21. The number of fused-ring (bicyclic) bond motifs is 1. The Balaban J connectivity index is 1.92. The lowest BCUT2D eigenvalue weighted by atomic mass is 9.86. The van der Waals surface area contributed by atoms with Crippen molar-refractivity contribution in [2.45, 2.75) is 31.0 Å². The third-order valence-electron chi connectivity index (χ3n) is 4.92. The second-order valence-corrected chi connectivity index (χ2v) is 6.78. The highest BCUT2D eigenvalue weighted by Crippen LogP contribution is 2.32. The summed E-state index contributed by atoms with van der Waals surface area (Å²) in [5.41, 5.74) is -1.08. The molecule has 27 heavy (non-hydrogen) atoms. The molecule has 2 heterocycles. The van der Waals surface area contributed by atoms with Gasteiger partial charge in [-0.05, 0) is 37.1 Å². The van der Waals surface area contributed by atoms with E-state index < -0.39 is 29.2 Å². The summed E-state index contributed by atoms with van der Waals surface area (Å²) in [6.45, 7) is 0.662. The molecule has 3 rings (SSSR count). The van der Waals surface area contributed by atoms with Crippen molar-refractivity contribution in [3.8, 4) is 0 Å². The Hall–Kier alpha value is -2.55. The van der Waals surface area contributed by atoms with Gasteiger partial charge in [0.1, 0.15) is 5.69 Å². The van der Waals surface area contributed by atoms with Gasteiger partial charge in [-0.2, -0.15) is 13.2 Å². The molecule has 1 aliphatic heterocycles. The van der Waals surface area contributed by atoms with Crippen molar-refractivity contribution < 1.29 is 32.6 Å². The Morgan fingerprint density at radius 3 is 2.52 bits per heavy atom. The van der Waals surface area contributed by atoms with Crippen LogP contribution >= 0.6 is 0 Å². The van der Waals surface area contributed by atoms with E-state index in [1.54, 1.807) is 7.05 Å². The first-order chi connectivity index (χ1) is 12.6. The molecule has 1 aromatic heterocycles. The molecular formula is C18H19F3N2O4. The maximum Gasteiger partial charge on any atom is 0.416 e. The van der Waals surface area contributed by atoms with Crippen molar-refractivity contribution in [3.05, 3.63) is 35.5 Å². The molecule has 0 atom stereocenters. The summed E-state index contributed by atoms with van der Waals surface area (Å²) < 4.78 is 45.5. The quantitative estimate of drug-likeness (QED) is 0.849. The van der Waals surface area contributed by atoms with Gasteiger partial charge in [0.05, 0.1) is 17.5 Å². The largest absolute Gasteiger partial charge is 0.481 e. The smallest absolute Gasteiger partial charge is 0.416 e. The molecule has 1 aromatic carbocycles. The number of aryl methyl sites for hydroxylation is 1. The molecule has 6 nitrogen and oxygen atoms in total. The molecule has 2 N–H and O–H groups in total. The van der Waals surface area contributed by atoms with Gasteiger partial charge < -0.3 is 19.7 Å². The van der Waals surface area contributed by atoms with Crippen LogP contribution in [0.15, 0.2) is 24.3 Å². The molecule has 0 saturated carbocycles. The van der Waals surface area contributed by atoms with E-state index >= 15 is 0 Å². The molecule has 1 fully saturated rings. The minimum absolute atomic E-state index is 0.167. The number of carboxylic acids is 1. The average molecular weight is 384 g/mol. The van der Waals surface area contributed by atoms with Crippen molar-refractivity contribution >= 4 is 22.8 Å². The standard InChI is InChI=1S/C18H19F3N2O4/c1-23-13-3-2-12(18(19,20)21)8-11(13)9-14(23)16(26)22-17(10-15(24)25)4-6-27-7-5-17/h2-3,8-9H,4-7,10H2,1H3,(H,22,26)(H,24,25). The van der Waals surface area contributed by atoms with Gasteiger partial charge in [0.25, 0.3) is 5.91 Å². The number of carbonyl (C=O) groups is 2. The molecule has 0 radical (unpaired) electrons. The number of carboxylic acid groups (broad SMARTS) is 1. The zero-order chi connectivity index (χ0) is 19.8. The van der Waals surface area contributed by atoms with Crippen LogP contribution in [0, 0.1) is 0 Å². The second kappa shape index (κ2) is 6.88. The van der Waals surface area contributed by atoms with E-state index in [0.29, 0.717) is 31.6 Å². The van der Waals surface area contributed by atoms with Gasteiger partial charge in [0.2, 0.25) is 0 Å². The zero-order valence-corrected chi connectivity index (χ0v) is 14.6. The predicted octanol–water partition coefficient (Wildman–Crippen LogP) is 2.95. The summed E-state index contributed by atoms with van der Waals surface area (Å²) in [5.74, 6) is -1.56. The number of benzene rings is 1. The highest BCUT2D eigenvalue weighted by molar-refractivity contribution is 5.99. The number of aliphatic carboxylic acids is 1. The summed E-state index contributed by atoms with van der Waals surface area (Å²) in [4.78, 5) is 24.0. The molecule has 2 aromatic rings. The molecule has 0 bridgehead atoms. The maximum absolute atomic E-state index is 12.9. The van der Waals surface area contributed by atoms with E-state index in [4.69, 9.17) is 4.74 Å². The van der Waals surface area contributed by atoms with Crippen LogP contribution in [0.2, 0.25) is 0 Å². The molecule has 0 aliphatic carbocycles. The van der Waals surface area contributed by atoms with E-state index in [2.05, 4.69) is 5.32 Å². The predicted molar refractivity (Wildman–Crippen MR) is 90.4 cm³/mol. The number of alkyl halides is 3. The average Bonchev–Trinajstić information content (AvgIpc) is 2.90. The Kier molecular flexibility index (Phi) is 4.90. The molecule has 1 amide bonds. The van der Waals surface area contributed by atoms with Crippen LogP contribution in [0.3, 0.4) is 0 Å². The minimum Gasteiger partial charge on any atom is -0.481 e. The molecule has 0 unspecified atom stereocenters. The number of hydrogen-bond acceptors (Lipinski definition) is 3. The van der Waals surface area contributed by atoms with Crippen molar-refractivity contribution in [2.75, 3.05) is 13.2 Å². The van der Waals surface area contributed by atoms with E-state index in [9.17, 15) is 27.9 Å². The topological polar surface area (TPSA) is 80.6 Å². The van der Waals surface area contributed by atoms with Crippen LogP contribution in [0.1, 0.15) is 35.3 Å². The number of halogens is 3. The van der Waals surface area contributed by atoms with E-state index in [0.717, 1.165) is 12.1 Å². The normalized spacial score (nSPS) is 17.0. The number of rotatable bonds is 4. The van der Waals surface area contributed by atoms with E-state index in [-0.39, 0.29) is 17.5 Å². The summed E-state index contributed by atoms with van der Waals surface area (Å²) >= 11 is 0. The van der Waals surface area contributed by atoms with E-state index in [1.807, 2.05) is 0 Å². The first-order valence-corrected chi connectivity index (χ1v) is 8.40. The monoisotopic (exact) mass is 384 g/mol. The summed E-state index contributed by atoms with van der Waals surface area (Å²) in [6.07, 6.45) is -4.01. The summed E-state index contributed by atoms with van der Waals surface area (Å²) in [6, 6.07) is 4.66. The van der Waals surface area contributed by atoms with Crippen molar-refractivity contribution in [3.63, 3.8) is 0 Å². The van der Waals surface area contributed by atoms with Gasteiger partial charge in [-0.3, -0.25) is 9.59 Å². The zero-order valence-electron chi connectivity index (χ0n) is 14.6. The van der Waals surface area contributed by atoms with Crippen LogP contribution in [0.25, 0.3) is 10.9 Å². The lowest BCUT2D eigenvalue weighted by Gasteiger charge is -2.36. The van der Waals surface area contributed by atoms with Gasteiger partial charge in [0.15, 0.2) is 0 Å². The third kappa shape index (κ3) is 3.92. The number of nitrogens with zero attached hydrogens (tertiary/aromatic N) is 1. The maximum atomic E-state index is 12.9. The van der Waals surface area contributed by atoms with Crippen molar-refractivity contribution in [2.24, 2.45) is 7.05 Å². The number of ether oxygens (including phenoxy) is 1. The van der Waals surface area contributed by atoms with Gasteiger partial charge >= 0.3 is 12.1 Å². The second-order valence-electron chi connectivity index (χ2n) is 6.78. The fraction of sp³-hybridized carbons (Fsp3) is 0.444. The van der Waals surface area contributed by atoms with Gasteiger partial charge in [-0.15, -0.1) is 0 Å². The van der Waals surface area contributed by atoms with Crippen LogP contribution in [-0.4, -0.2) is 40.3 Å². The molecule has 0 spiro atoms. The van der Waals surface area contributed by atoms with Crippen LogP contribution in [0.5, 0.6) is 0 Å². The fourth-order valence-electron chi connectivity index (χ4n) is 3.45. The minimum atomic E-state index is -4.47. The number of carbonyl (C=O) groups excluding carboxylic acids is 1. The number of aromatic nitrogens is 1.